The van der Waals surface area contributed by atoms with Crippen LogP contribution < -0.4 is 20.2 Å². The monoisotopic (exact) mass is 573 g/mol. The number of hydrogen-bond donors (Lipinski definition) is 2. The van der Waals surface area contributed by atoms with Crippen LogP contribution in [0.1, 0.15) is 30.9 Å². The van der Waals surface area contributed by atoms with Gasteiger partial charge in [0.05, 0.1) is 30.0 Å². The number of hydrogen-bond acceptors (Lipinski definition) is 7. The van der Waals surface area contributed by atoms with Crippen LogP contribution in [-0.2, 0) is 25.3 Å². The van der Waals surface area contributed by atoms with Gasteiger partial charge >= 0.3 is 12.1 Å². The molecule has 0 spiro atoms. The van der Waals surface area contributed by atoms with Gasteiger partial charge in [-0.2, -0.15) is 18.3 Å². The van der Waals surface area contributed by atoms with Gasteiger partial charge in [-0.15, -0.1) is 0 Å². The van der Waals surface area contributed by atoms with E-state index in [4.69, 9.17) is 14.2 Å². The second-order valence-corrected chi connectivity index (χ2v) is 7.90. The van der Waals surface area contributed by atoms with Crippen molar-refractivity contribution in [2.45, 2.75) is 25.9 Å². The minimum absolute atomic E-state index is 0.0255. The third kappa shape index (κ3) is 9.21. The number of methoxy groups -OCH3 is 1. The van der Waals surface area contributed by atoms with Crippen molar-refractivity contribution in [3.63, 3.8) is 0 Å². The van der Waals surface area contributed by atoms with Crippen LogP contribution in [0.4, 0.5) is 18.9 Å². The fourth-order valence-corrected chi connectivity index (χ4v) is 3.32. The smallest absolute Gasteiger partial charge is 0.416 e. The summed E-state index contributed by atoms with van der Waals surface area (Å²) in [6.45, 7) is 1.59. The zero-order chi connectivity index (χ0) is 26.7. The summed E-state index contributed by atoms with van der Waals surface area (Å²) in [5.41, 5.74) is 1.86. The first kappa shape index (κ1) is 28.6. The average molecular weight is 574 g/mol. The number of amides is 2. The first-order valence-electron chi connectivity index (χ1n) is 10.5. The summed E-state index contributed by atoms with van der Waals surface area (Å²) in [5.74, 6) is -1.17. The predicted octanol–water partition coefficient (Wildman–Crippen LogP) is 4.29. The Morgan fingerprint density at radius 2 is 1.83 bits per heavy atom. The van der Waals surface area contributed by atoms with Crippen LogP contribution >= 0.6 is 15.9 Å². The van der Waals surface area contributed by atoms with Crippen molar-refractivity contribution in [3.05, 3.63) is 52.0 Å². The van der Waals surface area contributed by atoms with Gasteiger partial charge < -0.3 is 19.5 Å². The van der Waals surface area contributed by atoms with Crippen molar-refractivity contribution < 1.29 is 41.8 Å². The first-order chi connectivity index (χ1) is 17.0. The number of rotatable bonds is 11. The third-order valence-corrected chi connectivity index (χ3v) is 4.94. The molecule has 2 N–H and O–H groups in total. The standard InChI is InChI=1S/C23H23BrF3N3O6/c1-3-35-21(33)13-36-22-17(24)9-14(10-18(22)34-2)12-28-30-20(32)8-7-19(31)29-16-6-4-5-15(11-16)23(25,26)27/h4-6,9-12H,3,7-8,13H2,1-2H3,(H,29,31)(H,30,32). The first-order valence-corrected chi connectivity index (χ1v) is 11.3. The van der Waals surface area contributed by atoms with E-state index in [0.717, 1.165) is 12.1 Å². The molecule has 0 aliphatic rings. The molecule has 2 rings (SSSR count). The Bertz CT molecular complexity index is 1120. The molecule has 0 heterocycles. The Morgan fingerprint density at radius 1 is 1.11 bits per heavy atom. The number of carbonyl (C=O) groups is 3. The Kier molecular flexibility index (Phi) is 10.7. The van der Waals surface area contributed by atoms with Gasteiger partial charge in [-0.25, -0.2) is 10.2 Å². The number of esters is 1. The molecule has 13 heteroatoms. The van der Waals surface area contributed by atoms with Crippen LogP contribution in [0, 0.1) is 0 Å². The van der Waals surface area contributed by atoms with Gasteiger partial charge in [0.1, 0.15) is 0 Å². The second-order valence-electron chi connectivity index (χ2n) is 7.05. The molecule has 0 bridgehead atoms. The van der Waals surface area contributed by atoms with Gasteiger partial charge in [0.25, 0.3) is 0 Å². The largest absolute Gasteiger partial charge is 0.493 e. The summed E-state index contributed by atoms with van der Waals surface area (Å²) in [6, 6.07) is 7.36. The maximum Gasteiger partial charge on any atom is 0.416 e. The molecule has 2 amide bonds. The van der Waals surface area contributed by atoms with E-state index in [0.29, 0.717) is 15.8 Å². The van der Waals surface area contributed by atoms with E-state index in [2.05, 4.69) is 31.8 Å². The number of halogens is 4. The molecule has 0 saturated heterocycles. The minimum Gasteiger partial charge on any atom is -0.493 e. The van der Waals surface area contributed by atoms with Crippen molar-refractivity contribution in [2.75, 3.05) is 25.6 Å². The second kappa shape index (κ2) is 13.5. The molecule has 2 aromatic carbocycles. The molecular weight excluding hydrogens is 551 g/mol. The van der Waals surface area contributed by atoms with E-state index in [1.54, 1.807) is 19.1 Å². The van der Waals surface area contributed by atoms with E-state index in [1.807, 2.05) is 0 Å². The van der Waals surface area contributed by atoms with E-state index >= 15 is 0 Å². The van der Waals surface area contributed by atoms with Crippen molar-refractivity contribution in [1.29, 1.82) is 0 Å². The summed E-state index contributed by atoms with van der Waals surface area (Å²) in [5, 5.41) is 6.14. The molecule has 0 atom stereocenters. The van der Waals surface area contributed by atoms with Gasteiger partial charge in [-0.05, 0) is 58.7 Å². The Balaban J connectivity index is 1.88. The van der Waals surface area contributed by atoms with Gasteiger partial charge in [-0.1, -0.05) is 6.07 Å². The Labute approximate surface area is 213 Å². The summed E-state index contributed by atoms with van der Waals surface area (Å²) in [7, 11) is 1.41. The molecule has 0 radical (unpaired) electrons. The normalized spacial score (nSPS) is 11.2. The molecule has 194 valence electrons. The fourth-order valence-electron chi connectivity index (χ4n) is 2.75. The summed E-state index contributed by atoms with van der Waals surface area (Å²) < 4.78 is 54.3. The van der Waals surface area contributed by atoms with Crippen molar-refractivity contribution in [1.82, 2.24) is 5.43 Å². The number of ether oxygens (including phenoxy) is 3. The number of nitrogens with one attached hydrogen (secondary N) is 2. The molecule has 0 aliphatic heterocycles. The van der Waals surface area contributed by atoms with Gasteiger partial charge in [-0.3, -0.25) is 9.59 Å². The number of nitrogens with zero attached hydrogens (tertiary/aromatic N) is 1. The van der Waals surface area contributed by atoms with Crippen molar-refractivity contribution >= 4 is 45.6 Å². The number of benzene rings is 2. The number of alkyl halides is 3. The molecule has 0 aromatic heterocycles. The highest BCUT2D eigenvalue weighted by Crippen LogP contribution is 2.36. The highest BCUT2D eigenvalue weighted by molar-refractivity contribution is 9.10. The minimum atomic E-state index is -4.53. The highest BCUT2D eigenvalue weighted by atomic mass is 79.9. The quantitative estimate of drug-likeness (QED) is 0.235. The molecule has 2 aromatic rings. The number of carbonyl (C=O) groups excluding carboxylic acids is 3. The lowest BCUT2D eigenvalue weighted by molar-refractivity contribution is -0.145. The van der Waals surface area contributed by atoms with Gasteiger partial charge in [0.2, 0.25) is 11.8 Å². The van der Waals surface area contributed by atoms with Crippen LogP contribution in [0.25, 0.3) is 0 Å². The number of hydrazone groups is 1. The summed E-state index contributed by atoms with van der Waals surface area (Å²) >= 11 is 3.32. The van der Waals surface area contributed by atoms with E-state index in [1.165, 1.54) is 25.5 Å². The SMILES string of the molecule is CCOC(=O)COc1c(Br)cc(C=NNC(=O)CCC(=O)Nc2cccc(C(F)(F)F)c2)cc1OC. The molecule has 0 fully saturated rings. The molecular formula is C23H23BrF3N3O6. The topological polar surface area (TPSA) is 115 Å². The van der Waals surface area contributed by atoms with E-state index in [-0.39, 0.29) is 37.5 Å². The summed E-state index contributed by atoms with van der Waals surface area (Å²) in [6.07, 6.45) is -3.71. The predicted molar refractivity (Wildman–Crippen MR) is 128 cm³/mol. The van der Waals surface area contributed by atoms with Crippen LogP contribution in [0.5, 0.6) is 11.5 Å². The Hall–Kier alpha value is -3.61. The van der Waals surface area contributed by atoms with E-state index in [9.17, 15) is 27.6 Å². The zero-order valence-electron chi connectivity index (χ0n) is 19.3. The van der Waals surface area contributed by atoms with E-state index < -0.39 is 29.5 Å². The van der Waals surface area contributed by atoms with Crippen LogP contribution in [0.15, 0.2) is 46.0 Å². The summed E-state index contributed by atoms with van der Waals surface area (Å²) in [4.78, 5) is 35.5. The lowest BCUT2D eigenvalue weighted by Gasteiger charge is -2.13. The lowest BCUT2D eigenvalue weighted by Crippen LogP contribution is -2.20. The average Bonchev–Trinajstić information content (AvgIpc) is 2.81. The van der Waals surface area contributed by atoms with Gasteiger partial charge in [0.15, 0.2) is 18.1 Å². The van der Waals surface area contributed by atoms with Crippen molar-refractivity contribution in [2.24, 2.45) is 5.10 Å². The molecule has 36 heavy (non-hydrogen) atoms. The van der Waals surface area contributed by atoms with Crippen LogP contribution in [0.2, 0.25) is 0 Å². The van der Waals surface area contributed by atoms with Gasteiger partial charge in [0, 0.05) is 18.5 Å². The molecule has 0 aliphatic carbocycles. The molecule has 9 nitrogen and oxygen atoms in total. The molecule has 0 saturated carbocycles. The lowest BCUT2D eigenvalue weighted by atomic mass is 10.2. The maximum atomic E-state index is 12.8. The maximum absolute atomic E-state index is 12.8. The fraction of sp³-hybridized carbons (Fsp3) is 0.304. The Morgan fingerprint density at radius 3 is 2.50 bits per heavy atom. The molecule has 0 unspecified atom stereocenters. The third-order valence-electron chi connectivity index (χ3n) is 4.35. The van der Waals surface area contributed by atoms with Crippen LogP contribution in [0.3, 0.4) is 0 Å². The highest BCUT2D eigenvalue weighted by Gasteiger charge is 2.30. The van der Waals surface area contributed by atoms with Crippen molar-refractivity contribution in [3.8, 4) is 11.5 Å². The zero-order valence-corrected chi connectivity index (χ0v) is 20.9. The van der Waals surface area contributed by atoms with Crippen LogP contribution in [-0.4, -0.2) is 44.3 Å². The number of anilines is 1.